The molecule has 1 aliphatic heterocycles. The Labute approximate surface area is 145 Å². The minimum atomic E-state index is -0.395. The number of halogens is 2. The van der Waals surface area contributed by atoms with Crippen molar-refractivity contribution in [1.82, 2.24) is 4.98 Å². The van der Waals surface area contributed by atoms with Crippen molar-refractivity contribution in [3.63, 3.8) is 0 Å². The van der Waals surface area contributed by atoms with E-state index in [1.165, 1.54) is 0 Å². The summed E-state index contributed by atoms with van der Waals surface area (Å²) in [5.41, 5.74) is 2.41. The Morgan fingerprint density at radius 1 is 1.17 bits per heavy atom. The summed E-state index contributed by atoms with van der Waals surface area (Å²) in [6, 6.07) is 9.62. The van der Waals surface area contributed by atoms with Crippen LogP contribution in [-0.4, -0.2) is 23.2 Å². The fourth-order valence-corrected chi connectivity index (χ4v) is 4.28. The monoisotopic (exact) mass is 348 g/mol. The van der Waals surface area contributed by atoms with E-state index in [1.807, 2.05) is 30.3 Å². The number of aromatic nitrogens is 1. The molecule has 2 aromatic rings. The van der Waals surface area contributed by atoms with Gasteiger partial charge in [0.2, 0.25) is 0 Å². The van der Waals surface area contributed by atoms with Crippen LogP contribution in [0.15, 0.2) is 42.7 Å². The number of nitrogens with zero attached hydrogens (tertiary/aromatic N) is 2. The highest BCUT2D eigenvalue weighted by Crippen LogP contribution is 2.56. The Morgan fingerprint density at radius 2 is 1.96 bits per heavy atom. The highest BCUT2D eigenvalue weighted by atomic mass is 35.5. The van der Waals surface area contributed by atoms with E-state index in [1.54, 1.807) is 12.4 Å². The number of aliphatic hydroxyl groups is 1. The molecule has 2 aliphatic rings. The maximum atomic E-state index is 10.5. The zero-order valence-corrected chi connectivity index (χ0v) is 14.1. The second kappa shape index (κ2) is 5.66. The minimum absolute atomic E-state index is 0.343. The van der Waals surface area contributed by atoms with E-state index in [4.69, 9.17) is 23.2 Å². The maximum absolute atomic E-state index is 10.5. The second-order valence-electron chi connectivity index (χ2n) is 6.85. The van der Waals surface area contributed by atoms with Gasteiger partial charge in [-0.3, -0.25) is 4.98 Å². The molecule has 2 fully saturated rings. The Morgan fingerprint density at radius 3 is 2.61 bits per heavy atom. The van der Waals surface area contributed by atoms with E-state index in [2.05, 4.69) is 9.88 Å². The number of hydrogen-bond acceptors (Lipinski definition) is 3. The number of anilines is 1. The maximum Gasteiger partial charge on any atom is 0.0833 e. The van der Waals surface area contributed by atoms with Crippen molar-refractivity contribution in [1.29, 1.82) is 0 Å². The highest BCUT2D eigenvalue weighted by Gasteiger charge is 2.54. The van der Waals surface area contributed by atoms with Crippen LogP contribution in [0.1, 0.15) is 24.5 Å². The molecule has 23 heavy (non-hydrogen) atoms. The lowest BCUT2D eigenvalue weighted by Gasteiger charge is -2.60. The van der Waals surface area contributed by atoms with Gasteiger partial charge in [-0.1, -0.05) is 29.3 Å². The van der Waals surface area contributed by atoms with Crippen LogP contribution in [0, 0.1) is 11.3 Å². The SMILES string of the molecule is OC(c1cccnc1)C1CC2(C1)CN(c1ccc(Cl)c(Cl)c1)C2. The van der Waals surface area contributed by atoms with Crippen LogP contribution in [0.3, 0.4) is 0 Å². The number of benzene rings is 1. The predicted octanol–water partition coefficient (Wildman–Crippen LogP) is 4.34. The molecule has 1 saturated carbocycles. The lowest BCUT2D eigenvalue weighted by atomic mass is 9.56. The lowest BCUT2D eigenvalue weighted by molar-refractivity contribution is -0.0509. The fourth-order valence-electron chi connectivity index (χ4n) is 3.98. The van der Waals surface area contributed by atoms with Crippen molar-refractivity contribution in [2.24, 2.45) is 11.3 Å². The zero-order valence-electron chi connectivity index (χ0n) is 12.6. The first-order valence-corrected chi connectivity index (χ1v) is 8.60. The van der Waals surface area contributed by atoms with Gasteiger partial charge < -0.3 is 10.0 Å². The van der Waals surface area contributed by atoms with Crippen LogP contribution in [-0.2, 0) is 0 Å². The van der Waals surface area contributed by atoms with Gasteiger partial charge in [0.15, 0.2) is 0 Å². The quantitative estimate of drug-likeness (QED) is 0.896. The lowest BCUT2D eigenvalue weighted by Crippen LogP contribution is -2.63. The van der Waals surface area contributed by atoms with Crippen molar-refractivity contribution < 1.29 is 5.11 Å². The summed E-state index contributed by atoms with van der Waals surface area (Å²) in [5, 5.41) is 11.6. The van der Waals surface area contributed by atoms with Gasteiger partial charge in [0.05, 0.1) is 16.1 Å². The standard InChI is InChI=1S/C18H18Cl2N2O/c19-15-4-3-14(6-16(15)20)22-10-18(11-22)7-13(8-18)17(23)12-2-1-5-21-9-12/h1-6,9,13,17,23H,7-8,10-11H2. The molecule has 5 heteroatoms. The topological polar surface area (TPSA) is 36.4 Å². The fraction of sp³-hybridized carbons (Fsp3) is 0.389. The Kier molecular flexibility index (Phi) is 3.75. The molecule has 1 N–H and O–H groups in total. The average molecular weight is 349 g/mol. The normalized spacial score (nSPS) is 20.9. The molecule has 1 saturated heterocycles. The third kappa shape index (κ3) is 2.71. The van der Waals surface area contributed by atoms with Crippen LogP contribution < -0.4 is 4.90 Å². The van der Waals surface area contributed by atoms with Crippen molar-refractivity contribution in [3.05, 3.63) is 58.3 Å². The van der Waals surface area contributed by atoms with Gasteiger partial charge in [-0.2, -0.15) is 0 Å². The molecule has 120 valence electrons. The molecule has 0 bridgehead atoms. The van der Waals surface area contributed by atoms with E-state index in [0.29, 0.717) is 21.4 Å². The van der Waals surface area contributed by atoms with Crippen LogP contribution in [0.4, 0.5) is 5.69 Å². The summed E-state index contributed by atoms with van der Waals surface area (Å²) >= 11 is 12.1. The van der Waals surface area contributed by atoms with Crippen molar-refractivity contribution in [3.8, 4) is 0 Å². The first kappa shape index (κ1) is 15.3. The van der Waals surface area contributed by atoms with E-state index in [-0.39, 0.29) is 0 Å². The van der Waals surface area contributed by atoms with Gasteiger partial charge in [0.25, 0.3) is 0 Å². The summed E-state index contributed by atoms with van der Waals surface area (Å²) in [6.07, 6.45) is 5.24. The largest absolute Gasteiger partial charge is 0.388 e. The number of hydrogen-bond donors (Lipinski definition) is 1. The van der Waals surface area contributed by atoms with Gasteiger partial charge in [0.1, 0.15) is 0 Å². The van der Waals surface area contributed by atoms with Crippen LogP contribution >= 0.6 is 23.2 Å². The van der Waals surface area contributed by atoms with Gasteiger partial charge in [-0.15, -0.1) is 0 Å². The molecular weight excluding hydrogens is 331 g/mol. The average Bonchev–Trinajstić information content (AvgIpc) is 2.48. The summed E-state index contributed by atoms with van der Waals surface area (Å²) < 4.78 is 0. The molecule has 0 amide bonds. The van der Waals surface area contributed by atoms with Crippen molar-refractivity contribution in [2.75, 3.05) is 18.0 Å². The molecule has 4 rings (SSSR count). The van der Waals surface area contributed by atoms with Crippen molar-refractivity contribution >= 4 is 28.9 Å². The Balaban J connectivity index is 1.35. The molecule has 1 aromatic heterocycles. The first-order chi connectivity index (χ1) is 11.1. The van der Waals surface area contributed by atoms with Crippen LogP contribution in [0.5, 0.6) is 0 Å². The Hall–Kier alpha value is -1.29. The molecule has 3 nitrogen and oxygen atoms in total. The first-order valence-electron chi connectivity index (χ1n) is 7.84. The summed E-state index contributed by atoms with van der Waals surface area (Å²) in [6.45, 7) is 2.06. The minimum Gasteiger partial charge on any atom is -0.388 e. The number of aliphatic hydroxyl groups excluding tert-OH is 1. The van der Waals surface area contributed by atoms with Crippen LogP contribution in [0.2, 0.25) is 10.0 Å². The van der Waals surface area contributed by atoms with Gasteiger partial charge >= 0.3 is 0 Å². The van der Waals surface area contributed by atoms with Gasteiger partial charge in [0, 0.05) is 36.6 Å². The molecule has 1 spiro atoms. The Bertz CT molecular complexity index is 708. The summed E-state index contributed by atoms with van der Waals surface area (Å²) in [5.74, 6) is 0.343. The van der Waals surface area contributed by atoms with Gasteiger partial charge in [-0.25, -0.2) is 0 Å². The molecule has 1 atom stereocenters. The zero-order chi connectivity index (χ0) is 16.0. The molecule has 1 unspecified atom stereocenters. The van der Waals surface area contributed by atoms with E-state index < -0.39 is 6.10 Å². The number of pyridine rings is 1. The van der Waals surface area contributed by atoms with Crippen LogP contribution in [0.25, 0.3) is 0 Å². The second-order valence-corrected chi connectivity index (χ2v) is 7.67. The molecule has 2 heterocycles. The number of rotatable bonds is 3. The third-order valence-corrected chi connectivity index (χ3v) is 5.92. The molecular formula is C18H18Cl2N2O. The molecule has 1 aliphatic carbocycles. The third-order valence-electron chi connectivity index (χ3n) is 5.18. The van der Waals surface area contributed by atoms with E-state index in [0.717, 1.165) is 37.2 Å². The smallest absolute Gasteiger partial charge is 0.0833 e. The van der Waals surface area contributed by atoms with Crippen molar-refractivity contribution in [2.45, 2.75) is 18.9 Å². The van der Waals surface area contributed by atoms with Gasteiger partial charge in [-0.05, 0) is 48.6 Å². The molecule has 1 aromatic carbocycles. The highest BCUT2D eigenvalue weighted by molar-refractivity contribution is 6.42. The predicted molar refractivity (Wildman–Crippen MR) is 93.0 cm³/mol. The van der Waals surface area contributed by atoms with E-state index >= 15 is 0 Å². The molecule has 0 radical (unpaired) electrons. The van der Waals surface area contributed by atoms with E-state index in [9.17, 15) is 5.11 Å². The summed E-state index contributed by atoms with van der Waals surface area (Å²) in [4.78, 5) is 6.42. The summed E-state index contributed by atoms with van der Waals surface area (Å²) in [7, 11) is 0.